The van der Waals surface area contributed by atoms with Crippen LogP contribution in [0.2, 0.25) is 0 Å². The highest BCUT2D eigenvalue weighted by molar-refractivity contribution is 4.57. The van der Waals surface area contributed by atoms with Crippen LogP contribution in [-0.2, 0) is 19.9 Å². The Balaban J connectivity index is 3.05. The van der Waals surface area contributed by atoms with Crippen LogP contribution >= 0.6 is 0 Å². The number of hydrogen-bond donors (Lipinski definition) is 2. The van der Waals surface area contributed by atoms with Crippen molar-refractivity contribution in [3.8, 4) is 0 Å². The Morgan fingerprint density at radius 2 is 1.80 bits per heavy atom. The summed E-state index contributed by atoms with van der Waals surface area (Å²) in [5, 5.41) is 8.58. The molecule has 4 N–H and O–H groups in total. The second-order valence-corrected chi connectivity index (χ2v) is 3.40. The van der Waals surface area contributed by atoms with Gasteiger partial charge in [0.2, 0.25) is 0 Å². The highest BCUT2D eigenvalue weighted by Gasteiger charge is 2.09. The van der Waals surface area contributed by atoms with Crippen LogP contribution in [0, 0.1) is 0 Å². The van der Waals surface area contributed by atoms with Gasteiger partial charge in [-0.1, -0.05) is 26.2 Å². The van der Waals surface area contributed by atoms with Crippen LogP contribution in [0.3, 0.4) is 0 Å². The van der Waals surface area contributed by atoms with Gasteiger partial charge in [0.1, 0.15) is 6.10 Å². The fraction of sp³-hybridized carbons (Fsp3) is 1.00. The van der Waals surface area contributed by atoms with E-state index >= 15 is 0 Å². The average molecular weight is 222 g/mol. The molecule has 0 amide bonds. The van der Waals surface area contributed by atoms with Gasteiger partial charge in [0.25, 0.3) is 0 Å². The molecule has 92 valence electrons. The van der Waals surface area contributed by atoms with Gasteiger partial charge < -0.3 is 11.5 Å². The molecule has 0 saturated heterocycles. The minimum atomic E-state index is -0.613. The molecule has 1 atom stereocenters. The summed E-state index contributed by atoms with van der Waals surface area (Å²) < 4.78 is 0. The smallest absolute Gasteiger partial charge is 0.121 e. The van der Waals surface area contributed by atoms with Gasteiger partial charge in [0, 0.05) is 0 Å². The van der Waals surface area contributed by atoms with Crippen molar-refractivity contribution in [2.45, 2.75) is 51.8 Å². The number of nitrogens with two attached hydrogens (primary N) is 2. The summed E-state index contributed by atoms with van der Waals surface area (Å²) in [4.78, 5) is 9.32. The Kier molecular flexibility index (Phi) is 10.1. The minimum absolute atomic E-state index is 0.450. The van der Waals surface area contributed by atoms with E-state index in [0.717, 1.165) is 12.8 Å². The summed E-state index contributed by atoms with van der Waals surface area (Å²) in [6.45, 7) is 4.29. The number of hydrogen-bond acceptors (Lipinski definition) is 6. The topological polar surface area (TPSA) is 89.0 Å². The molecule has 1 unspecified atom stereocenters. The first-order valence-electron chi connectivity index (χ1n) is 5.31. The summed E-state index contributed by atoms with van der Waals surface area (Å²) in [7, 11) is 0. The molecule has 0 aromatic heterocycles. The molecule has 0 aliphatic rings. The van der Waals surface area contributed by atoms with E-state index in [2.05, 4.69) is 26.8 Å². The summed E-state index contributed by atoms with van der Waals surface area (Å²) in [5.74, 6) is 0. The molecule has 0 aliphatic carbocycles. The van der Waals surface area contributed by atoms with Gasteiger partial charge in [-0.25, -0.2) is 4.89 Å². The van der Waals surface area contributed by atoms with Crippen molar-refractivity contribution in [2.24, 2.45) is 11.5 Å². The maximum Gasteiger partial charge on any atom is 0.121 e. The van der Waals surface area contributed by atoms with Crippen LogP contribution in [0.4, 0.5) is 0 Å². The van der Waals surface area contributed by atoms with Crippen molar-refractivity contribution in [2.75, 3.05) is 6.61 Å². The van der Waals surface area contributed by atoms with Crippen LogP contribution in [0.25, 0.3) is 0 Å². The van der Waals surface area contributed by atoms with Gasteiger partial charge in [0.05, 0.1) is 12.8 Å². The fourth-order valence-corrected chi connectivity index (χ4v) is 0.784. The molecule has 0 aromatic rings. The highest BCUT2D eigenvalue weighted by Crippen LogP contribution is 2.00. The zero-order valence-electron chi connectivity index (χ0n) is 9.48. The maximum atomic E-state index is 5.31. The Morgan fingerprint density at radius 3 is 2.40 bits per heavy atom. The first-order valence-corrected chi connectivity index (χ1v) is 5.31. The lowest BCUT2D eigenvalue weighted by Gasteiger charge is -2.12. The molecule has 0 fully saturated rings. The van der Waals surface area contributed by atoms with E-state index in [1.165, 1.54) is 12.8 Å². The van der Waals surface area contributed by atoms with Gasteiger partial charge in [-0.3, -0.25) is 0 Å². The van der Waals surface area contributed by atoms with Gasteiger partial charge in [0.15, 0.2) is 0 Å². The third-order valence-electron chi connectivity index (χ3n) is 1.89. The Labute approximate surface area is 90.6 Å². The average Bonchev–Trinajstić information content (AvgIpc) is 2.21. The van der Waals surface area contributed by atoms with E-state index < -0.39 is 12.3 Å². The normalized spacial score (nSPS) is 13.4. The quantitative estimate of drug-likeness (QED) is 0.248. The number of rotatable bonds is 10. The third-order valence-corrected chi connectivity index (χ3v) is 1.89. The lowest BCUT2D eigenvalue weighted by atomic mass is 10.2. The molecule has 0 aliphatic heterocycles. The van der Waals surface area contributed by atoms with Crippen LogP contribution < -0.4 is 11.5 Å². The summed E-state index contributed by atoms with van der Waals surface area (Å²) in [5.41, 5.74) is 10.6. The SMILES string of the molecule is CCCCCCOOOOC(C)C(N)N. The standard InChI is InChI=1S/C9H22N2O4/c1-3-4-5-6-7-12-14-15-13-8(2)9(10)11/h8-9H,3-7,10-11H2,1-2H3. The summed E-state index contributed by atoms with van der Waals surface area (Å²) >= 11 is 0. The Bertz CT molecular complexity index is 135. The van der Waals surface area contributed by atoms with Crippen molar-refractivity contribution >= 4 is 0 Å². The first kappa shape index (κ1) is 14.8. The van der Waals surface area contributed by atoms with Crippen LogP contribution in [0.15, 0.2) is 0 Å². The second kappa shape index (κ2) is 10.3. The third kappa shape index (κ3) is 10.1. The zero-order valence-corrected chi connectivity index (χ0v) is 9.48. The zero-order chi connectivity index (χ0) is 11.5. The molecule has 0 rings (SSSR count). The first-order chi connectivity index (χ1) is 7.18. The van der Waals surface area contributed by atoms with E-state index in [-0.39, 0.29) is 0 Å². The van der Waals surface area contributed by atoms with Gasteiger partial charge >= 0.3 is 0 Å². The summed E-state index contributed by atoms with van der Waals surface area (Å²) in [6, 6.07) is 0. The molecule has 0 aromatic carbocycles. The molecule has 0 heterocycles. The molecule has 0 saturated carbocycles. The van der Waals surface area contributed by atoms with Crippen molar-refractivity contribution in [1.82, 2.24) is 0 Å². The van der Waals surface area contributed by atoms with E-state index in [9.17, 15) is 0 Å². The van der Waals surface area contributed by atoms with Crippen LogP contribution in [-0.4, -0.2) is 18.9 Å². The maximum absolute atomic E-state index is 5.31. The van der Waals surface area contributed by atoms with Crippen molar-refractivity contribution in [3.63, 3.8) is 0 Å². The molecular weight excluding hydrogens is 200 g/mol. The van der Waals surface area contributed by atoms with E-state index in [4.69, 9.17) is 11.5 Å². The predicted octanol–water partition coefficient (Wildman–Crippen LogP) is 1.01. The Hall–Kier alpha value is -0.240. The van der Waals surface area contributed by atoms with Gasteiger partial charge in [-0.05, 0) is 23.4 Å². The van der Waals surface area contributed by atoms with E-state index in [0.29, 0.717) is 6.61 Å². The molecule has 6 heteroatoms. The lowest BCUT2D eigenvalue weighted by molar-refractivity contribution is -0.641. The molecule has 0 radical (unpaired) electrons. The molecular formula is C9H22N2O4. The van der Waals surface area contributed by atoms with Crippen molar-refractivity contribution < 1.29 is 19.9 Å². The highest BCUT2D eigenvalue weighted by atomic mass is 17.7. The van der Waals surface area contributed by atoms with Crippen LogP contribution in [0.5, 0.6) is 0 Å². The fourth-order valence-electron chi connectivity index (χ4n) is 0.784. The van der Waals surface area contributed by atoms with Crippen molar-refractivity contribution in [1.29, 1.82) is 0 Å². The van der Waals surface area contributed by atoms with E-state index in [1.807, 2.05) is 0 Å². The summed E-state index contributed by atoms with van der Waals surface area (Å²) in [6.07, 6.45) is 3.37. The molecule has 6 nitrogen and oxygen atoms in total. The number of unbranched alkanes of at least 4 members (excludes halogenated alkanes) is 3. The van der Waals surface area contributed by atoms with Crippen molar-refractivity contribution in [3.05, 3.63) is 0 Å². The second-order valence-electron chi connectivity index (χ2n) is 3.40. The predicted molar refractivity (Wildman–Crippen MR) is 55.0 cm³/mol. The molecule has 15 heavy (non-hydrogen) atoms. The van der Waals surface area contributed by atoms with E-state index in [1.54, 1.807) is 6.92 Å². The van der Waals surface area contributed by atoms with Gasteiger partial charge in [-0.15, -0.1) is 0 Å². The minimum Gasteiger partial charge on any atom is -0.314 e. The van der Waals surface area contributed by atoms with Crippen LogP contribution in [0.1, 0.15) is 39.5 Å². The van der Waals surface area contributed by atoms with Gasteiger partial charge in [-0.2, -0.15) is 4.89 Å². The molecule has 0 spiro atoms. The largest absolute Gasteiger partial charge is 0.314 e. The Morgan fingerprint density at radius 1 is 1.07 bits per heavy atom. The lowest BCUT2D eigenvalue weighted by Crippen LogP contribution is -2.42. The monoisotopic (exact) mass is 222 g/mol. The molecule has 0 bridgehead atoms.